The zero-order valence-corrected chi connectivity index (χ0v) is 11.6. The molecule has 1 saturated heterocycles. The highest BCUT2D eigenvalue weighted by Gasteiger charge is 2.31. The van der Waals surface area contributed by atoms with Gasteiger partial charge in [0.1, 0.15) is 17.9 Å². The van der Waals surface area contributed by atoms with Crippen molar-refractivity contribution in [1.29, 1.82) is 0 Å². The highest BCUT2D eigenvalue weighted by molar-refractivity contribution is 14.1. The SMILES string of the molecule is COC(=O)[C@H]1C[C@@H](Oc2ccc(I)cc2)CN1. The number of carbonyl (C=O) groups is 1. The van der Waals surface area contributed by atoms with Crippen molar-refractivity contribution in [2.75, 3.05) is 13.7 Å². The number of esters is 1. The van der Waals surface area contributed by atoms with Gasteiger partial charge in [-0.25, -0.2) is 0 Å². The zero-order chi connectivity index (χ0) is 12.3. The van der Waals surface area contributed by atoms with Crippen molar-refractivity contribution in [2.24, 2.45) is 0 Å². The van der Waals surface area contributed by atoms with Gasteiger partial charge in [-0.15, -0.1) is 0 Å². The van der Waals surface area contributed by atoms with Crippen LogP contribution in [0.1, 0.15) is 6.42 Å². The van der Waals surface area contributed by atoms with E-state index in [1.165, 1.54) is 10.7 Å². The molecule has 1 N–H and O–H groups in total. The number of ether oxygens (including phenoxy) is 2. The lowest BCUT2D eigenvalue weighted by Gasteiger charge is -2.12. The maximum Gasteiger partial charge on any atom is 0.323 e. The summed E-state index contributed by atoms with van der Waals surface area (Å²) in [4.78, 5) is 11.3. The Bertz CT molecular complexity index is 393. The number of hydrogen-bond acceptors (Lipinski definition) is 4. The average Bonchev–Trinajstić information content (AvgIpc) is 2.80. The molecule has 2 rings (SSSR count). The van der Waals surface area contributed by atoms with Gasteiger partial charge in [0.2, 0.25) is 0 Å². The second kappa shape index (κ2) is 5.68. The van der Waals surface area contributed by atoms with E-state index in [0.717, 1.165) is 5.75 Å². The van der Waals surface area contributed by atoms with E-state index in [0.29, 0.717) is 13.0 Å². The van der Waals surface area contributed by atoms with Crippen LogP contribution in [0.4, 0.5) is 0 Å². The molecule has 5 heteroatoms. The summed E-state index contributed by atoms with van der Waals surface area (Å²) < 4.78 is 11.6. The summed E-state index contributed by atoms with van der Waals surface area (Å²) in [5, 5.41) is 3.09. The molecule has 0 unspecified atom stereocenters. The van der Waals surface area contributed by atoms with Gasteiger partial charge >= 0.3 is 5.97 Å². The molecule has 17 heavy (non-hydrogen) atoms. The molecule has 1 fully saturated rings. The van der Waals surface area contributed by atoms with Crippen LogP contribution >= 0.6 is 22.6 Å². The van der Waals surface area contributed by atoms with E-state index >= 15 is 0 Å². The van der Waals surface area contributed by atoms with Gasteiger partial charge in [-0.1, -0.05) is 0 Å². The maximum atomic E-state index is 11.3. The number of hydrogen-bond donors (Lipinski definition) is 1. The predicted octanol–water partition coefficient (Wildman–Crippen LogP) is 1.57. The van der Waals surface area contributed by atoms with E-state index in [-0.39, 0.29) is 18.1 Å². The maximum absolute atomic E-state index is 11.3. The lowest BCUT2D eigenvalue weighted by molar-refractivity contribution is -0.142. The number of nitrogens with one attached hydrogen (secondary N) is 1. The quantitative estimate of drug-likeness (QED) is 0.666. The molecule has 0 amide bonds. The normalized spacial score (nSPS) is 23.4. The zero-order valence-electron chi connectivity index (χ0n) is 9.48. The molecule has 0 aliphatic carbocycles. The summed E-state index contributed by atoms with van der Waals surface area (Å²) in [5.74, 6) is 0.612. The molecule has 1 aliphatic heterocycles. The number of methoxy groups -OCH3 is 1. The Morgan fingerprint density at radius 1 is 1.41 bits per heavy atom. The second-order valence-corrected chi connectivity index (χ2v) is 5.16. The fourth-order valence-electron chi connectivity index (χ4n) is 1.82. The summed E-state index contributed by atoms with van der Waals surface area (Å²) in [6.45, 7) is 0.672. The third-order valence-electron chi connectivity index (χ3n) is 2.69. The van der Waals surface area contributed by atoms with Crippen LogP contribution in [-0.2, 0) is 9.53 Å². The lowest BCUT2D eigenvalue weighted by Crippen LogP contribution is -2.31. The predicted molar refractivity (Wildman–Crippen MR) is 72.0 cm³/mol. The van der Waals surface area contributed by atoms with E-state index in [9.17, 15) is 4.79 Å². The van der Waals surface area contributed by atoms with Crippen LogP contribution in [0.2, 0.25) is 0 Å². The van der Waals surface area contributed by atoms with Crippen molar-refractivity contribution >= 4 is 28.6 Å². The van der Waals surface area contributed by atoms with Gasteiger partial charge in [0, 0.05) is 16.5 Å². The third-order valence-corrected chi connectivity index (χ3v) is 3.41. The standard InChI is InChI=1S/C12H14INO3/c1-16-12(15)11-6-10(7-14-11)17-9-4-2-8(13)3-5-9/h2-5,10-11,14H,6-7H2,1H3/t10-,11-/m1/s1. The first-order chi connectivity index (χ1) is 8.19. The molecule has 0 bridgehead atoms. The fourth-order valence-corrected chi connectivity index (χ4v) is 2.18. The molecule has 92 valence electrons. The molecule has 0 aromatic heterocycles. The Morgan fingerprint density at radius 3 is 2.76 bits per heavy atom. The van der Waals surface area contributed by atoms with Crippen LogP contribution in [0, 0.1) is 3.57 Å². The Kier molecular flexibility index (Phi) is 4.22. The second-order valence-electron chi connectivity index (χ2n) is 3.91. The van der Waals surface area contributed by atoms with E-state index in [1.54, 1.807) is 0 Å². The van der Waals surface area contributed by atoms with Crippen molar-refractivity contribution in [3.05, 3.63) is 27.8 Å². The van der Waals surface area contributed by atoms with Crippen molar-refractivity contribution in [3.8, 4) is 5.75 Å². The lowest BCUT2D eigenvalue weighted by atomic mass is 10.2. The van der Waals surface area contributed by atoms with Crippen LogP contribution in [0.3, 0.4) is 0 Å². The van der Waals surface area contributed by atoms with Crippen LogP contribution in [-0.4, -0.2) is 31.8 Å². The Morgan fingerprint density at radius 2 is 2.12 bits per heavy atom. The number of carbonyl (C=O) groups excluding carboxylic acids is 1. The molecule has 0 saturated carbocycles. The minimum atomic E-state index is -0.242. The van der Waals surface area contributed by atoms with Crippen LogP contribution in [0.15, 0.2) is 24.3 Å². The molecule has 4 nitrogen and oxygen atoms in total. The van der Waals surface area contributed by atoms with Gasteiger partial charge in [-0.3, -0.25) is 4.79 Å². The topological polar surface area (TPSA) is 47.6 Å². The van der Waals surface area contributed by atoms with Crippen molar-refractivity contribution in [1.82, 2.24) is 5.32 Å². The molecule has 0 radical (unpaired) electrons. The molecular weight excluding hydrogens is 333 g/mol. The Hall–Kier alpha value is -0.820. The minimum Gasteiger partial charge on any atom is -0.489 e. The summed E-state index contributed by atoms with van der Waals surface area (Å²) in [6, 6.07) is 7.63. The van der Waals surface area contributed by atoms with E-state index < -0.39 is 0 Å². The number of benzene rings is 1. The fraction of sp³-hybridized carbons (Fsp3) is 0.417. The van der Waals surface area contributed by atoms with E-state index in [1.807, 2.05) is 24.3 Å². The highest BCUT2D eigenvalue weighted by Crippen LogP contribution is 2.19. The first-order valence-electron chi connectivity index (χ1n) is 5.42. The molecule has 1 heterocycles. The van der Waals surface area contributed by atoms with Crippen LogP contribution in [0.25, 0.3) is 0 Å². The van der Waals surface area contributed by atoms with Gasteiger partial charge < -0.3 is 14.8 Å². The molecule has 1 aliphatic rings. The summed E-state index contributed by atoms with van der Waals surface area (Å²) in [6.07, 6.45) is 0.678. The van der Waals surface area contributed by atoms with Gasteiger partial charge in [-0.2, -0.15) is 0 Å². The number of halogens is 1. The monoisotopic (exact) mass is 347 g/mol. The van der Waals surface area contributed by atoms with Crippen LogP contribution < -0.4 is 10.1 Å². The highest BCUT2D eigenvalue weighted by atomic mass is 127. The average molecular weight is 347 g/mol. The first-order valence-corrected chi connectivity index (χ1v) is 6.50. The molecule has 0 spiro atoms. The summed E-state index contributed by atoms with van der Waals surface area (Å²) >= 11 is 2.25. The molecular formula is C12H14INO3. The number of rotatable bonds is 3. The Labute approximate surface area is 114 Å². The van der Waals surface area contributed by atoms with Gasteiger partial charge in [0.15, 0.2) is 0 Å². The third kappa shape index (κ3) is 3.32. The van der Waals surface area contributed by atoms with E-state index in [2.05, 4.69) is 27.9 Å². The van der Waals surface area contributed by atoms with Gasteiger partial charge in [0.05, 0.1) is 7.11 Å². The Balaban J connectivity index is 1.89. The molecule has 1 aromatic carbocycles. The molecule has 2 atom stereocenters. The summed E-state index contributed by atoms with van der Waals surface area (Å²) in [5.41, 5.74) is 0. The van der Waals surface area contributed by atoms with Gasteiger partial charge in [-0.05, 0) is 46.9 Å². The van der Waals surface area contributed by atoms with E-state index in [4.69, 9.17) is 9.47 Å². The smallest absolute Gasteiger partial charge is 0.323 e. The largest absolute Gasteiger partial charge is 0.489 e. The molecule has 1 aromatic rings. The van der Waals surface area contributed by atoms with Crippen molar-refractivity contribution in [3.63, 3.8) is 0 Å². The van der Waals surface area contributed by atoms with Gasteiger partial charge in [0.25, 0.3) is 0 Å². The first kappa shape index (κ1) is 12.6. The van der Waals surface area contributed by atoms with Crippen molar-refractivity contribution in [2.45, 2.75) is 18.6 Å². The van der Waals surface area contributed by atoms with Crippen LogP contribution in [0.5, 0.6) is 5.75 Å². The van der Waals surface area contributed by atoms with Crippen molar-refractivity contribution < 1.29 is 14.3 Å². The minimum absolute atomic E-state index is 0.0270. The summed E-state index contributed by atoms with van der Waals surface area (Å²) in [7, 11) is 1.40.